The van der Waals surface area contributed by atoms with Gasteiger partial charge in [0.2, 0.25) is 5.89 Å². The molecule has 4 heteroatoms. The van der Waals surface area contributed by atoms with Crippen LogP contribution in [-0.4, -0.2) is 15.0 Å². The lowest BCUT2D eigenvalue weighted by atomic mass is 9.91. The molecule has 220 valence electrons. The van der Waals surface area contributed by atoms with E-state index in [2.05, 4.69) is 149 Å². The van der Waals surface area contributed by atoms with Crippen LogP contribution in [0.5, 0.6) is 0 Å². The first-order valence-corrected chi connectivity index (χ1v) is 15.7. The Bertz CT molecular complexity index is 2550. The summed E-state index contributed by atoms with van der Waals surface area (Å²) in [5.41, 5.74) is 10.9. The van der Waals surface area contributed by atoms with Crippen molar-refractivity contribution in [3.8, 4) is 56.1 Å². The summed E-state index contributed by atoms with van der Waals surface area (Å²) in [6.45, 7) is 0. The van der Waals surface area contributed by atoms with E-state index in [0.717, 1.165) is 55.7 Å². The van der Waals surface area contributed by atoms with Crippen molar-refractivity contribution in [2.45, 2.75) is 0 Å². The first kappa shape index (κ1) is 27.0. The fourth-order valence-corrected chi connectivity index (χ4v) is 6.55. The van der Waals surface area contributed by atoms with Crippen LogP contribution in [0.15, 0.2) is 169 Å². The molecule has 9 aromatic rings. The van der Waals surface area contributed by atoms with Crippen molar-refractivity contribution in [2.75, 3.05) is 0 Å². The number of oxazole rings is 1. The van der Waals surface area contributed by atoms with E-state index in [4.69, 9.17) is 9.40 Å². The van der Waals surface area contributed by atoms with Crippen molar-refractivity contribution in [1.29, 1.82) is 0 Å². The van der Waals surface area contributed by atoms with Crippen molar-refractivity contribution in [1.82, 2.24) is 15.0 Å². The molecule has 4 nitrogen and oxygen atoms in total. The van der Waals surface area contributed by atoms with Gasteiger partial charge in [0.05, 0.1) is 11.9 Å². The van der Waals surface area contributed by atoms with Gasteiger partial charge >= 0.3 is 0 Å². The molecule has 0 amide bonds. The minimum absolute atomic E-state index is 0.589. The van der Waals surface area contributed by atoms with Gasteiger partial charge in [-0.1, -0.05) is 109 Å². The Hall–Kier alpha value is -6.39. The van der Waals surface area contributed by atoms with Gasteiger partial charge in [-0.3, -0.25) is 9.97 Å². The molecule has 9 rings (SSSR count). The molecule has 0 bridgehead atoms. The average Bonchev–Trinajstić information content (AvgIpc) is 3.59. The largest absolute Gasteiger partial charge is 0.436 e. The third kappa shape index (κ3) is 4.84. The Morgan fingerprint density at radius 3 is 1.98 bits per heavy atom. The number of hydrogen-bond acceptors (Lipinski definition) is 4. The fraction of sp³-hybridized carbons (Fsp3) is 0. The van der Waals surface area contributed by atoms with Crippen molar-refractivity contribution < 1.29 is 4.42 Å². The second kappa shape index (κ2) is 11.2. The van der Waals surface area contributed by atoms with Crippen molar-refractivity contribution in [2.24, 2.45) is 0 Å². The quantitative estimate of drug-likeness (QED) is 0.184. The summed E-state index contributed by atoms with van der Waals surface area (Å²) < 4.78 is 6.60. The van der Waals surface area contributed by atoms with E-state index in [9.17, 15) is 0 Å². The standard InChI is InChI=1S/C43H27N3O/c1-2-9-28(10-3-1)29-17-19-30(20-18-29)43-46-42-39(31-12-8-13-33(23-31)40-27-44-21-22-45-40)25-34(26-41(42)47-43)38-24-32-11-4-5-14-35(32)36-15-6-7-16-37(36)38/h1-27H. The first-order chi connectivity index (χ1) is 23.3. The highest BCUT2D eigenvalue weighted by molar-refractivity contribution is 6.14. The Kier molecular flexibility index (Phi) is 6.43. The summed E-state index contributed by atoms with van der Waals surface area (Å²) in [6.07, 6.45) is 5.20. The summed E-state index contributed by atoms with van der Waals surface area (Å²) in [4.78, 5) is 14.0. The summed E-state index contributed by atoms with van der Waals surface area (Å²) in [5.74, 6) is 0.589. The molecule has 0 aliphatic carbocycles. The Labute approximate surface area is 271 Å². The molecule has 0 saturated heterocycles. The van der Waals surface area contributed by atoms with Crippen LogP contribution >= 0.6 is 0 Å². The highest BCUT2D eigenvalue weighted by Crippen LogP contribution is 2.41. The zero-order valence-electron chi connectivity index (χ0n) is 25.3. The van der Waals surface area contributed by atoms with Crippen molar-refractivity contribution in [3.63, 3.8) is 0 Å². The maximum Gasteiger partial charge on any atom is 0.227 e. The lowest BCUT2D eigenvalue weighted by Gasteiger charge is -2.13. The van der Waals surface area contributed by atoms with E-state index < -0.39 is 0 Å². The molecular weight excluding hydrogens is 574 g/mol. The van der Waals surface area contributed by atoms with E-state index in [1.54, 1.807) is 18.6 Å². The van der Waals surface area contributed by atoms with E-state index in [0.29, 0.717) is 5.89 Å². The van der Waals surface area contributed by atoms with Crippen LogP contribution in [0.3, 0.4) is 0 Å². The number of fused-ring (bicyclic) bond motifs is 4. The van der Waals surface area contributed by atoms with Crippen LogP contribution < -0.4 is 0 Å². The number of hydrogen-bond donors (Lipinski definition) is 0. The molecule has 7 aromatic carbocycles. The van der Waals surface area contributed by atoms with Gasteiger partial charge in [0, 0.05) is 29.1 Å². The smallest absolute Gasteiger partial charge is 0.227 e. The molecule has 0 saturated carbocycles. The van der Waals surface area contributed by atoms with Crippen LogP contribution in [0.2, 0.25) is 0 Å². The van der Waals surface area contributed by atoms with E-state index in [1.165, 1.54) is 27.1 Å². The van der Waals surface area contributed by atoms with Gasteiger partial charge in [0.15, 0.2) is 5.58 Å². The highest BCUT2D eigenvalue weighted by atomic mass is 16.3. The average molecular weight is 602 g/mol. The first-order valence-electron chi connectivity index (χ1n) is 15.7. The second-order valence-corrected chi connectivity index (χ2v) is 11.7. The Balaban J connectivity index is 1.26. The second-order valence-electron chi connectivity index (χ2n) is 11.7. The summed E-state index contributed by atoms with van der Waals surface area (Å²) >= 11 is 0. The number of aromatic nitrogens is 3. The fourth-order valence-electron chi connectivity index (χ4n) is 6.55. The summed E-state index contributed by atoms with van der Waals surface area (Å²) in [6, 6.07) is 51.1. The number of benzene rings is 7. The monoisotopic (exact) mass is 601 g/mol. The van der Waals surface area contributed by atoms with Crippen LogP contribution in [-0.2, 0) is 0 Å². The molecule has 47 heavy (non-hydrogen) atoms. The maximum absolute atomic E-state index is 6.60. The van der Waals surface area contributed by atoms with Gasteiger partial charge in [0.25, 0.3) is 0 Å². The molecule has 0 fully saturated rings. The zero-order chi connectivity index (χ0) is 31.2. The van der Waals surface area contributed by atoms with Gasteiger partial charge in [-0.05, 0) is 85.8 Å². The Morgan fingerprint density at radius 2 is 1.15 bits per heavy atom. The van der Waals surface area contributed by atoms with Crippen LogP contribution in [0.1, 0.15) is 0 Å². The third-order valence-corrected chi connectivity index (χ3v) is 8.85. The van der Waals surface area contributed by atoms with Crippen LogP contribution in [0, 0.1) is 0 Å². The number of nitrogens with zero attached hydrogens (tertiary/aromatic N) is 3. The molecular formula is C43H27N3O. The lowest BCUT2D eigenvalue weighted by molar-refractivity contribution is 0.620. The maximum atomic E-state index is 6.60. The van der Waals surface area contributed by atoms with E-state index >= 15 is 0 Å². The SMILES string of the molecule is c1ccc(-c2ccc(-c3nc4c(-c5cccc(-c6cnccn6)c5)cc(-c5cc6ccccc6c6ccccc56)cc4o3)cc2)cc1. The zero-order valence-corrected chi connectivity index (χ0v) is 25.3. The minimum Gasteiger partial charge on any atom is -0.436 e. The lowest BCUT2D eigenvalue weighted by Crippen LogP contribution is -1.89. The predicted octanol–water partition coefficient (Wildman–Crippen LogP) is 11.3. The summed E-state index contributed by atoms with van der Waals surface area (Å²) in [7, 11) is 0. The third-order valence-electron chi connectivity index (χ3n) is 8.85. The molecule has 0 atom stereocenters. The van der Waals surface area contributed by atoms with Gasteiger partial charge in [0.1, 0.15) is 5.52 Å². The van der Waals surface area contributed by atoms with Crippen molar-refractivity contribution >= 4 is 32.6 Å². The molecule has 0 aliphatic heterocycles. The molecule has 0 unspecified atom stereocenters. The van der Waals surface area contributed by atoms with Crippen molar-refractivity contribution in [3.05, 3.63) is 164 Å². The highest BCUT2D eigenvalue weighted by Gasteiger charge is 2.18. The molecule has 2 heterocycles. The van der Waals surface area contributed by atoms with Gasteiger partial charge in [-0.25, -0.2) is 4.98 Å². The molecule has 0 radical (unpaired) electrons. The molecule has 0 aliphatic rings. The van der Waals surface area contributed by atoms with Gasteiger partial charge in [-0.2, -0.15) is 0 Å². The van der Waals surface area contributed by atoms with E-state index in [1.807, 2.05) is 6.07 Å². The topological polar surface area (TPSA) is 51.8 Å². The van der Waals surface area contributed by atoms with Gasteiger partial charge in [-0.15, -0.1) is 0 Å². The van der Waals surface area contributed by atoms with Gasteiger partial charge < -0.3 is 4.42 Å². The van der Waals surface area contributed by atoms with Crippen LogP contribution in [0.25, 0.3) is 88.7 Å². The predicted molar refractivity (Wildman–Crippen MR) is 192 cm³/mol. The molecule has 2 aromatic heterocycles. The Morgan fingerprint density at radius 1 is 0.447 bits per heavy atom. The van der Waals surface area contributed by atoms with E-state index in [-0.39, 0.29) is 0 Å². The minimum atomic E-state index is 0.589. The number of rotatable bonds is 5. The summed E-state index contributed by atoms with van der Waals surface area (Å²) in [5, 5.41) is 4.86. The molecule has 0 spiro atoms. The normalized spacial score (nSPS) is 11.4. The molecule has 0 N–H and O–H groups in total. The van der Waals surface area contributed by atoms with Crippen LogP contribution in [0.4, 0.5) is 0 Å².